The van der Waals surface area contributed by atoms with Crippen molar-refractivity contribution < 1.29 is 4.79 Å². The van der Waals surface area contributed by atoms with Crippen molar-refractivity contribution in [2.24, 2.45) is 0 Å². The Morgan fingerprint density at radius 2 is 2.50 bits per heavy atom. The second kappa shape index (κ2) is 3.33. The Morgan fingerprint density at radius 1 is 2.00 bits per heavy atom. The largest absolute Gasteiger partial charge is 0.332 e. The van der Waals surface area contributed by atoms with Crippen LogP contribution in [0, 0.1) is 11.3 Å². The van der Waals surface area contributed by atoms with Crippen molar-refractivity contribution in [1.29, 1.82) is 5.26 Å². The zero-order valence-electron chi connectivity index (χ0n) is 4.38. The van der Waals surface area contributed by atoms with Crippen LogP contribution in [-0.4, -0.2) is 11.3 Å². The third-order valence-electron chi connectivity index (χ3n) is 0.534. The molecule has 0 radical (unpaired) electrons. The monoisotopic (exact) mass is 130 g/mol. The summed E-state index contributed by atoms with van der Waals surface area (Å²) in [6.45, 7) is 1.58. The Balaban J connectivity index is 3.43. The minimum absolute atomic E-state index is 0.444. The number of carbonyl (C=O) groups is 1. The van der Waals surface area contributed by atoms with Gasteiger partial charge in [-0.1, -0.05) is 12.6 Å². The normalized spacial score (nSPS) is 11.6. The zero-order chi connectivity index (χ0) is 6.57. The number of hydrogen-bond acceptors (Lipinski definition) is 2. The van der Waals surface area contributed by atoms with E-state index in [-0.39, 0.29) is 0 Å². The summed E-state index contributed by atoms with van der Waals surface area (Å²) in [4.78, 5) is 10.0. The number of rotatable bonds is 1. The Morgan fingerprint density at radius 3 is 2.62 bits per heavy atom. The number of thiol groups is 1. The Kier molecular flexibility index (Phi) is 3.04. The average Bonchev–Trinajstić information content (AvgIpc) is 1.65. The van der Waals surface area contributed by atoms with E-state index < -0.39 is 11.3 Å². The van der Waals surface area contributed by atoms with Gasteiger partial charge in [0.25, 0.3) is 5.24 Å². The minimum atomic E-state index is -0.473. The van der Waals surface area contributed by atoms with Crippen molar-refractivity contribution in [2.75, 3.05) is 0 Å². The van der Waals surface area contributed by atoms with Crippen molar-refractivity contribution in [3.8, 4) is 6.07 Å². The van der Waals surface area contributed by atoms with Crippen molar-refractivity contribution in [2.45, 2.75) is 13.0 Å². The van der Waals surface area contributed by atoms with E-state index in [2.05, 4.69) is 17.9 Å². The lowest BCUT2D eigenvalue weighted by Gasteiger charge is -1.98. The van der Waals surface area contributed by atoms with E-state index in [0.717, 1.165) is 0 Å². The second-order valence-electron chi connectivity index (χ2n) is 1.30. The van der Waals surface area contributed by atoms with Gasteiger partial charge in [-0.3, -0.25) is 4.79 Å². The molecule has 0 saturated heterocycles. The number of nitrogens with one attached hydrogen (secondary N) is 1. The van der Waals surface area contributed by atoms with Crippen LogP contribution in [0.2, 0.25) is 0 Å². The van der Waals surface area contributed by atoms with Crippen LogP contribution in [0.5, 0.6) is 0 Å². The van der Waals surface area contributed by atoms with E-state index in [9.17, 15) is 4.79 Å². The summed E-state index contributed by atoms with van der Waals surface area (Å²) in [5, 5.41) is 9.87. The fourth-order valence-electron chi connectivity index (χ4n) is 0.217. The molecule has 4 heteroatoms. The fraction of sp³-hybridized carbons (Fsp3) is 0.500. The van der Waals surface area contributed by atoms with E-state index in [1.807, 2.05) is 6.07 Å². The molecule has 0 fully saturated rings. The van der Waals surface area contributed by atoms with E-state index in [1.165, 1.54) is 0 Å². The van der Waals surface area contributed by atoms with Gasteiger partial charge in [-0.05, 0) is 6.92 Å². The summed E-state index contributed by atoms with van der Waals surface area (Å²) in [5.74, 6) is 0. The molecular weight excluding hydrogens is 124 g/mol. The predicted molar refractivity (Wildman–Crippen MR) is 32.6 cm³/mol. The zero-order valence-corrected chi connectivity index (χ0v) is 5.27. The number of nitrogens with zero attached hydrogens (tertiary/aromatic N) is 1. The maximum atomic E-state index is 10.0. The maximum Gasteiger partial charge on any atom is 0.277 e. The van der Waals surface area contributed by atoms with Gasteiger partial charge in [-0.25, -0.2) is 0 Å². The highest BCUT2D eigenvalue weighted by atomic mass is 32.1. The van der Waals surface area contributed by atoms with E-state index in [1.54, 1.807) is 6.92 Å². The molecule has 0 saturated carbocycles. The lowest BCUT2D eigenvalue weighted by atomic mass is 10.4. The highest BCUT2D eigenvalue weighted by molar-refractivity contribution is 7.96. The van der Waals surface area contributed by atoms with E-state index >= 15 is 0 Å². The van der Waals surface area contributed by atoms with E-state index in [0.29, 0.717) is 0 Å². The van der Waals surface area contributed by atoms with Gasteiger partial charge in [0.2, 0.25) is 0 Å². The first-order valence-corrected chi connectivity index (χ1v) is 2.50. The van der Waals surface area contributed by atoms with Crippen LogP contribution < -0.4 is 5.32 Å². The maximum absolute atomic E-state index is 10.0. The van der Waals surface area contributed by atoms with Crippen LogP contribution in [0.25, 0.3) is 0 Å². The van der Waals surface area contributed by atoms with Crippen LogP contribution >= 0.6 is 12.6 Å². The first-order valence-electron chi connectivity index (χ1n) is 2.06. The lowest BCUT2D eigenvalue weighted by molar-refractivity contribution is 0.260. The molecular formula is C4H6N2OS. The van der Waals surface area contributed by atoms with Crippen molar-refractivity contribution in [3.05, 3.63) is 0 Å². The molecule has 0 aromatic heterocycles. The summed E-state index contributed by atoms with van der Waals surface area (Å²) in [6, 6.07) is 1.37. The third-order valence-corrected chi connectivity index (χ3v) is 0.663. The van der Waals surface area contributed by atoms with Crippen LogP contribution in [0.1, 0.15) is 6.92 Å². The topological polar surface area (TPSA) is 52.9 Å². The smallest absolute Gasteiger partial charge is 0.277 e. The van der Waals surface area contributed by atoms with Crippen molar-refractivity contribution in [3.63, 3.8) is 0 Å². The van der Waals surface area contributed by atoms with Crippen LogP contribution in [0.3, 0.4) is 0 Å². The molecule has 3 nitrogen and oxygen atoms in total. The first kappa shape index (κ1) is 7.31. The lowest BCUT2D eigenvalue weighted by Crippen LogP contribution is -2.26. The highest BCUT2D eigenvalue weighted by Crippen LogP contribution is 1.80. The quantitative estimate of drug-likeness (QED) is 0.509. The number of nitriles is 1. The molecule has 0 aromatic rings. The fourth-order valence-corrected chi connectivity index (χ4v) is 0.411. The van der Waals surface area contributed by atoms with Gasteiger partial charge in [0, 0.05) is 0 Å². The Hall–Kier alpha value is -0.690. The molecule has 1 atom stereocenters. The van der Waals surface area contributed by atoms with Crippen molar-refractivity contribution in [1.82, 2.24) is 5.32 Å². The van der Waals surface area contributed by atoms with E-state index in [4.69, 9.17) is 5.26 Å². The molecule has 1 unspecified atom stereocenters. The van der Waals surface area contributed by atoms with Gasteiger partial charge in [-0.15, -0.1) is 0 Å². The van der Waals surface area contributed by atoms with Crippen LogP contribution in [0.4, 0.5) is 4.79 Å². The molecule has 8 heavy (non-hydrogen) atoms. The molecule has 0 aromatic carbocycles. The molecule has 0 aliphatic heterocycles. The SMILES string of the molecule is CC(C#N)NC(=O)S. The molecule has 0 heterocycles. The molecule has 44 valence electrons. The van der Waals surface area contributed by atoms with Gasteiger partial charge >= 0.3 is 0 Å². The van der Waals surface area contributed by atoms with Gasteiger partial charge in [-0.2, -0.15) is 5.26 Å². The number of carbonyl (C=O) groups excluding carboxylic acids is 1. The minimum Gasteiger partial charge on any atom is -0.332 e. The molecule has 1 amide bonds. The number of hydrogen-bond donors (Lipinski definition) is 2. The predicted octanol–water partition coefficient (Wildman–Crippen LogP) is 0.538. The summed E-state index contributed by atoms with van der Waals surface area (Å²) >= 11 is 3.39. The molecule has 1 N–H and O–H groups in total. The number of amides is 1. The molecule has 0 spiro atoms. The standard InChI is InChI=1S/C4H6N2OS/c1-3(2-5)6-4(7)8/h3H,1H3,(H2,6,7,8). The highest BCUT2D eigenvalue weighted by Gasteiger charge is 1.97. The summed E-state index contributed by atoms with van der Waals surface area (Å²) in [7, 11) is 0. The molecule has 0 bridgehead atoms. The van der Waals surface area contributed by atoms with Gasteiger partial charge in [0.1, 0.15) is 6.04 Å². The van der Waals surface area contributed by atoms with Gasteiger partial charge in [0.15, 0.2) is 0 Å². The third kappa shape index (κ3) is 3.50. The summed E-state index contributed by atoms with van der Waals surface area (Å²) in [6.07, 6.45) is 0. The van der Waals surface area contributed by atoms with Crippen LogP contribution in [0.15, 0.2) is 0 Å². The average molecular weight is 130 g/mol. The summed E-state index contributed by atoms with van der Waals surface area (Å²) in [5.41, 5.74) is 0. The first-order chi connectivity index (χ1) is 3.66. The second-order valence-corrected chi connectivity index (χ2v) is 1.71. The van der Waals surface area contributed by atoms with Gasteiger partial charge in [0.05, 0.1) is 6.07 Å². The molecule has 0 aliphatic rings. The van der Waals surface area contributed by atoms with Crippen molar-refractivity contribution >= 4 is 17.9 Å². The molecule has 0 rings (SSSR count). The van der Waals surface area contributed by atoms with Crippen LogP contribution in [-0.2, 0) is 0 Å². The Bertz CT molecular complexity index is 128. The summed E-state index contributed by atoms with van der Waals surface area (Å²) < 4.78 is 0. The molecule has 0 aliphatic carbocycles. The Labute approximate surface area is 53.1 Å². The van der Waals surface area contributed by atoms with Gasteiger partial charge < -0.3 is 5.32 Å².